The first kappa shape index (κ1) is 16.2. The zero-order chi connectivity index (χ0) is 15.3. The minimum Gasteiger partial charge on any atom is -0.480 e. The molecule has 0 amide bonds. The number of hydrogen-bond acceptors (Lipinski definition) is 5. The Balaban J connectivity index is 2.69. The summed E-state index contributed by atoms with van der Waals surface area (Å²) in [6.45, 7) is 5.84. The van der Waals surface area contributed by atoms with Crippen molar-refractivity contribution in [2.45, 2.75) is 39.8 Å². The van der Waals surface area contributed by atoms with Crippen LogP contribution in [0, 0.1) is 12.8 Å². The van der Waals surface area contributed by atoms with Crippen molar-refractivity contribution in [2.24, 2.45) is 5.92 Å². The second-order valence-corrected chi connectivity index (χ2v) is 5.08. The molecule has 1 atom stereocenters. The molecule has 0 aliphatic rings. The summed E-state index contributed by atoms with van der Waals surface area (Å²) in [6, 6.07) is 0.935. The third kappa shape index (κ3) is 4.38. The predicted octanol–water partition coefficient (Wildman–Crippen LogP) is 1.96. The van der Waals surface area contributed by atoms with Gasteiger partial charge in [0.25, 0.3) is 0 Å². The minimum atomic E-state index is -0.893. The highest BCUT2D eigenvalue weighted by Gasteiger charge is 2.20. The molecule has 20 heavy (non-hydrogen) atoms. The van der Waals surface area contributed by atoms with Crippen LogP contribution in [0.15, 0.2) is 10.5 Å². The van der Waals surface area contributed by atoms with Crippen LogP contribution in [-0.2, 0) is 16.1 Å². The van der Waals surface area contributed by atoms with Crippen LogP contribution in [0.3, 0.4) is 0 Å². The number of aliphatic carboxylic acids is 1. The lowest BCUT2D eigenvalue weighted by molar-refractivity contribution is -0.140. The van der Waals surface area contributed by atoms with Crippen molar-refractivity contribution >= 4 is 11.9 Å². The molecule has 6 nitrogen and oxygen atoms in total. The standard InChI is InChI=1S/C14H21NO5/c1-8(2)5-12(13(16)17)15-7-10-6-11(9(3)20-10)14(18)19-4/h6,8,12,15H,5,7H2,1-4H3,(H,16,17). The number of hydrogen-bond donors (Lipinski definition) is 2. The second kappa shape index (κ2) is 7.09. The minimum absolute atomic E-state index is 0.252. The Morgan fingerprint density at radius 1 is 1.45 bits per heavy atom. The molecule has 0 aromatic carbocycles. The van der Waals surface area contributed by atoms with E-state index in [0.717, 1.165) is 0 Å². The lowest BCUT2D eigenvalue weighted by Gasteiger charge is -2.15. The van der Waals surface area contributed by atoms with E-state index in [4.69, 9.17) is 9.52 Å². The predicted molar refractivity (Wildman–Crippen MR) is 72.5 cm³/mol. The monoisotopic (exact) mass is 283 g/mol. The number of carbonyl (C=O) groups is 2. The first-order valence-corrected chi connectivity index (χ1v) is 6.49. The van der Waals surface area contributed by atoms with E-state index in [2.05, 4.69) is 10.1 Å². The number of nitrogens with one attached hydrogen (secondary N) is 1. The maximum atomic E-state index is 11.4. The van der Waals surface area contributed by atoms with Gasteiger partial charge in [0, 0.05) is 0 Å². The number of carboxylic acids is 1. The Hall–Kier alpha value is -1.82. The number of methoxy groups -OCH3 is 1. The molecule has 0 fully saturated rings. The normalized spacial score (nSPS) is 12.4. The average Bonchev–Trinajstić information content (AvgIpc) is 2.74. The number of aryl methyl sites for hydroxylation is 1. The molecule has 0 radical (unpaired) electrons. The van der Waals surface area contributed by atoms with Gasteiger partial charge in [-0.05, 0) is 25.3 Å². The van der Waals surface area contributed by atoms with E-state index in [1.54, 1.807) is 13.0 Å². The summed E-state index contributed by atoms with van der Waals surface area (Å²) in [5.74, 6) is -0.112. The fraction of sp³-hybridized carbons (Fsp3) is 0.571. The molecule has 0 aliphatic heterocycles. The van der Waals surface area contributed by atoms with Crippen molar-refractivity contribution < 1.29 is 23.8 Å². The average molecular weight is 283 g/mol. The fourth-order valence-electron chi connectivity index (χ4n) is 1.91. The first-order valence-electron chi connectivity index (χ1n) is 6.49. The zero-order valence-electron chi connectivity index (χ0n) is 12.2. The zero-order valence-corrected chi connectivity index (χ0v) is 12.2. The molecule has 1 heterocycles. The molecule has 2 N–H and O–H groups in total. The van der Waals surface area contributed by atoms with Crippen LogP contribution in [0.5, 0.6) is 0 Å². The second-order valence-electron chi connectivity index (χ2n) is 5.08. The van der Waals surface area contributed by atoms with Gasteiger partial charge < -0.3 is 14.3 Å². The highest BCUT2D eigenvalue weighted by Crippen LogP contribution is 2.16. The Morgan fingerprint density at radius 2 is 2.10 bits per heavy atom. The van der Waals surface area contributed by atoms with Crippen molar-refractivity contribution in [1.82, 2.24) is 5.32 Å². The fourth-order valence-corrected chi connectivity index (χ4v) is 1.91. The molecule has 0 spiro atoms. The van der Waals surface area contributed by atoms with Gasteiger partial charge in [0.05, 0.1) is 13.7 Å². The number of carbonyl (C=O) groups excluding carboxylic acids is 1. The summed E-state index contributed by atoms with van der Waals surface area (Å²) >= 11 is 0. The number of carboxylic acid groups (broad SMARTS) is 1. The quantitative estimate of drug-likeness (QED) is 0.744. The van der Waals surface area contributed by atoms with Crippen molar-refractivity contribution in [2.75, 3.05) is 7.11 Å². The van der Waals surface area contributed by atoms with Crippen LogP contribution < -0.4 is 5.32 Å². The number of esters is 1. The smallest absolute Gasteiger partial charge is 0.341 e. The summed E-state index contributed by atoms with van der Waals surface area (Å²) in [5, 5.41) is 12.0. The molecule has 0 saturated heterocycles. The summed E-state index contributed by atoms with van der Waals surface area (Å²) in [6.07, 6.45) is 0.527. The number of furan rings is 1. The summed E-state index contributed by atoms with van der Waals surface area (Å²) < 4.78 is 10.0. The van der Waals surface area contributed by atoms with Gasteiger partial charge in [-0.1, -0.05) is 13.8 Å². The lowest BCUT2D eigenvalue weighted by atomic mass is 10.0. The van der Waals surface area contributed by atoms with E-state index in [1.165, 1.54) is 7.11 Å². The van der Waals surface area contributed by atoms with Gasteiger partial charge >= 0.3 is 11.9 Å². The van der Waals surface area contributed by atoms with Gasteiger partial charge in [0.2, 0.25) is 0 Å². The number of ether oxygens (including phenoxy) is 1. The van der Waals surface area contributed by atoms with Crippen LogP contribution in [0.25, 0.3) is 0 Å². The highest BCUT2D eigenvalue weighted by atomic mass is 16.5. The SMILES string of the molecule is COC(=O)c1cc(CNC(CC(C)C)C(=O)O)oc1C. The molecule has 0 aliphatic carbocycles. The molecule has 1 aromatic heterocycles. The molecule has 0 saturated carbocycles. The van der Waals surface area contributed by atoms with E-state index >= 15 is 0 Å². The van der Waals surface area contributed by atoms with Crippen LogP contribution in [-0.4, -0.2) is 30.2 Å². The van der Waals surface area contributed by atoms with Crippen molar-refractivity contribution in [3.8, 4) is 0 Å². The third-order valence-corrected chi connectivity index (χ3v) is 2.90. The molecular formula is C14H21NO5. The Bertz CT molecular complexity index is 478. The van der Waals surface area contributed by atoms with Gasteiger partial charge in [0.1, 0.15) is 23.1 Å². The third-order valence-electron chi connectivity index (χ3n) is 2.90. The Morgan fingerprint density at radius 3 is 2.60 bits per heavy atom. The summed E-state index contributed by atoms with van der Waals surface area (Å²) in [7, 11) is 1.30. The van der Waals surface area contributed by atoms with Gasteiger partial charge in [-0.3, -0.25) is 10.1 Å². The van der Waals surface area contributed by atoms with Crippen molar-refractivity contribution in [3.05, 3.63) is 23.2 Å². The topological polar surface area (TPSA) is 88.8 Å². The van der Waals surface area contributed by atoms with E-state index < -0.39 is 18.0 Å². The van der Waals surface area contributed by atoms with Gasteiger partial charge in [-0.2, -0.15) is 0 Å². The maximum absolute atomic E-state index is 11.4. The van der Waals surface area contributed by atoms with E-state index in [9.17, 15) is 9.59 Å². The molecule has 1 rings (SSSR count). The van der Waals surface area contributed by atoms with Crippen LogP contribution in [0.4, 0.5) is 0 Å². The molecule has 1 unspecified atom stereocenters. The number of rotatable bonds is 7. The van der Waals surface area contributed by atoms with Crippen molar-refractivity contribution in [1.29, 1.82) is 0 Å². The Labute approximate surface area is 118 Å². The maximum Gasteiger partial charge on any atom is 0.341 e. The van der Waals surface area contributed by atoms with Gasteiger partial charge in [0.15, 0.2) is 0 Å². The van der Waals surface area contributed by atoms with E-state index in [-0.39, 0.29) is 12.5 Å². The molecule has 112 valence electrons. The summed E-state index contributed by atoms with van der Waals surface area (Å²) in [4.78, 5) is 22.6. The van der Waals surface area contributed by atoms with Crippen LogP contribution in [0.2, 0.25) is 0 Å². The highest BCUT2D eigenvalue weighted by molar-refractivity contribution is 5.90. The van der Waals surface area contributed by atoms with Crippen LogP contribution >= 0.6 is 0 Å². The largest absolute Gasteiger partial charge is 0.480 e. The summed E-state index contributed by atoms with van der Waals surface area (Å²) in [5.41, 5.74) is 0.361. The van der Waals surface area contributed by atoms with Crippen molar-refractivity contribution in [3.63, 3.8) is 0 Å². The molecule has 0 bridgehead atoms. The Kier molecular flexibility index (Phi) is 5.76. The molecule has 1 aromatic rings. The van der Waals surface area contributed by atoms with E-state index in [1.807, 2.05) is 13.8 Å². The van der Waals surface area contributed by atoms with Gasteiger partial charge in [-0.15, -0.1) is 0 Å². The van der Waals surface area contributed by atoms with E-state index in [0.29, 0.717) is 23.5 Å². The molecule has 6 heteroatoms. The van der Waals surface area contributed by atoms with Crippen LogP contribution in [0.1, 0.15) is 42.1 Å². The van der Waals surface area contributed by atoms with Gasteiger partial charge in [-0.25, -0.2) is 4.79 Å². The lowest BCUT2D eigenvalue weighted by Crippen LogP contribution is -2.37. The first-order chi connectivity index (χ1) is 9.35. The molecular weight excluding hydrogens is 262 g/mol.